The molecule has 3 nitrogen and oxygen atoms in total. The zero-order valence-electron chi connectivity index (χ0n) is 11.8. The summed E-state index contributed by atoms with van der Waals surface area (Å²) in [4.78, 5) is 0. The maximum atomic E-state index is 13.0. The first kappa shape index (κ1) is 14.2. The van der Waals surface area contributed by atoms with E-state index in [2.05, 4.69) is 5.32 Å². The van der Waals surface area contributed by atoms with Gasteiger partial charge in [-0.1, -0.05) is 12.1 Å². The molecule has 2 aromatic carbocycles. The van der Waals surface area contributed by atoms with Crippen LogP contribution in [0.5, 0.6) is 11.5 Å². The molecule has 1 unspecified atom stereocenters. The Balaban J connectivity index is 2.25. The highest BCUT2D eigenvalue weighted by Gasteiger charge is 2.13. The number of phenolic OH excluding ortho intramolecular Hbond substituents is 1. The number of aromatic hydroxyl groups is 1. The molecule has 0 amide bonds. The van der Waals surface area contributed by atoms with E-state index in [1.165, 1.54) is 6.07 Å². The van der Waals surface area contributed by atoms with Gasteiger partial charge in [-0.2, -0.15) is 0 Å². The third kappa shape index (κ3) is 3.02. The van der Waals surface area contributed by atoms with Crippen LogP contribution in [0.25, 0.3) is 0 Å². The van der Waals surface area contributed by atoms with Crippen LogP contribution in [0.2, 0.25) is 0 Å². The van der Waals surface area contributed by atoms with E-state index in [9.17, 15) is 9.50 Å². The SMILES string of the molecule is COc1cc(C)ccc1NC(C)c1ccc(F)cc1O. The number of phenols is 1. The Labute approximate surface area is 118 Å². The number of aryl methyl sites for hydroxylation is 1. The van der Waals surface area contributed by atoms with Crippen LogP contribution < -0.4 is 10.1 Å². The molecule has 0 spiro atoms. The molecule has 0 aliphatic rings. The van der Waals surface area contributed by atoms with E-state index in [1.807, 2.05) is 32.0 Å². The summed E-state index contributed by atoms with van der Waals surface area (Å²) < 4.78 is 18.3. The molecule has 0 aromatic heterocycles. The number of anilines is 1. The molecular weight excluding hydrogens is 257 g/mol. The molecule has 0 radical (unpaired) electrons. The molecule has 0 saturated carbocycles. The van der Waals surface area contributed by atoms with Gasteiger partial charge in [-0.25, -0.2) is 4.39 Å². The Morgan fingerprint density at radius 1 is 1.20 bits per heavy atom. The largest absolute Gasteiger partial charge is 0.507 e. The quantitative estimate of drug-likeness (QED) is 0.885. The molecule has 20 heavy (non-hydrogen) atoms. The average molecular weight is 275 g/mol. The summed E-state index contributed by atoms with van der Waals surface area (Å²) >= 11 is 0. The molecule has 0 aliphatic carbocycles. The Kier molecular flexibility index (Phi) is 4.13. The van der Waals surface area contributed by atoms with Crippen molar-refractivity contribution in [2.24, 2.45) is 0 Å². The van der Waals surface area contributed by atoms with Gasteiger partial charge < -0.3 is 15.2 Å². The number of nitrogens with one attached hydrogen (secondary N) is 1. The van der Waals surface area contributed by atoms with Crippen molar-refractivity contribution in [1.29, 1.82) is 0 Å². The van der Waals surface area contributed by atoms with E-state index in [1.54, 1.807) is 13.2 Å². The van der Waals surface area contributed by atoms with E-state index in [-0.39, 0.29) is 11.8 Å². The number of methoxy groups -OCH3 is 1. The predicted octanol–water partition coefficient (Wildman–Crippen LogP) is 4.02. The van der Waals surface area contributed by atoms with Crippen molar-refractivity contribution in [2.75, 3.05) is 12.4 Å². The second-order valence-corrected chi connectivity index (χ2v) is 4.77. The average Bonchev–Trinajstić information content (AvgIpc) is 2.40. The second kappa shape index (κ2) is 5.82. The Hall–Kier alpha value is -2.23. The summed E-state index contributed by atoms with van der Waals surface area (Å²) in [5, 5.41) is 13.1. The lowest BCUT2D eigenvalue weighted by molar-refractivity contribution is 0.415. The molecule has 106 valence electrons. The zero-order valence-corrected chi connectivity index (χ0v) is 11.8. The van der Waals surface area contributed by atoms with Crippen molar-refractivity contribution in [3.63, 3.8) is 0 Å². The van der Waals surface area contributed by atoms with E-state index >= 15 is 0 Å². The number of halogens is 1. The molecular formula is C16H18FNO2. The van der Waals surface area contributed by atoms with Crippen LogP contribution in [-0.2, 0) is 0 Å². The predicted molar refractivity (Wildman–Crippen MR) is 77.8 cm³/mol. The third-order valence-corrected chi connectivity index (χ3v) is 3.19. The van der Waals surface area contributed by atoms with Crippen molar-refractivity contribution in [1.82, 2.24) is 0 Å². The lowest BCUT2D eigenvalue weighted by Gasteiger charge is -2.19. The fourth-order valence-electron chi connectivity index (χ4n) is 2.11. The van der Waals surface area contributed by atoms with Crippen LogP contribution in [-0.4, -0.2) is 12.2 Å². The number of hydrogen-bond acceptors (Lipinski definition) is 3. The monoisotopic (exact) mass is 275 g/mol. The summed E-state index contributed by atoms with van der Waals surface area (Å²) in [5.41, 5.74) is 2.56. The van der Waals surface area contributed by atoms with Gasteiger partial charge >= 0.3 is 0 Å². The Bertz CT molecular complexity index is 613. The zero-order chi connectivity index (χ0) is 14.7. The lowest BCUT2D eigenvalue weighted by Crippen LogP contribution is -2.08. The molecule has 0 heterocycles. The highest BCUT2D eigenvalue weighted by atomic mass is 19.1. The maximum Gasteiger partial charge on any atom is 0.142 e. The molecule has 0 fully saturated rings. The van der Waals surface area contributed by atoms with Crippen LogP contribution in [0.4, 0.5) is 10.1 Å². The molecule has 1 atom stereocenters. The third-order valence-electron chi connectivity index (χ3n) is 3.19. The fraction of sp³-hybridized carbons (Fsp3) is 0.250. The summed E-state index contributed by atoms with van der Waals surface area (Å²) in [5.74, 6) is 0.223. The fourth-order valence-corrected chi connectivity index (χ4v) is 2.11. The van der Waals surface area contributed by atoms with Gasteiger partial charge in [-0.15, -0.1) is 0 Å². The topological polar surface area (TPSA) is 41.5 Å². The summed E-state index contributed by atoms with van der Waals surface area (Å²) in [6.07, 6.45) is 0. The number of rotatable bonds is 4. The van der Waals surface area contributed by atoms with Gasteiger partial charge in [0.1, 0.15) is 17.3 Å². The first-order valence-corrected chi connectivity index (χ1v) is 6.41. The Morgan fingerprint density at radius 2 is 1.95 bits per heavy atom. The van der Waals surface area contributed by atoms with Crippen LogP contribution in [0.3, 0.4) is 0 Å². The maximum absolute atomic E-state index is 13.0. The van der Waals surface area contributed by atoms with E-state index in [0.29, 0.717) is 5.56 Å². The first-order valence-electron chi connectivity index (χ1n) is 6.41. The van der Waals surface area contributed by atoms with Crippen LogP contribution in [0.15, 0.2) is 36.4 Å². The minimum atomic E-state index is -0.452. The van der Waals surface area contributed by atoms with Gasteiger partial charge in [0.05, 0.1) is 18.8 Å². The molecule has 2 aromatic rings. The number of ether oxygens (including phenoxy) is 1. The normalized spacial score (nSPS) is 12.0. The van der Waals surface area contributed by atoms with Crippen LogP contribution in [0, 0.1) is 12.7 Å². The molecule has 4 heteroatoms. The van der Waals surface area contributed by atoms with Gasteiger partial charge in [0.15, 0.2) is 0 Å². The van der Waals surface area contributed by atoms with E-state index in [4.69, 9.17) is 4.74 Å². The van der Waals surface area contributed by atoms with Crippen molar-refractivity contribution in [3.8, 4) is 11.5 Å². The number of hydrogen-bond donors (Lipinski definition) is 2. The number of benzene rings is 2. The van der Waals surface area contributed by atoms with Gasteiger partial charge in [0.2, 0.25) is 0 Å². The molecule has 0 aliphatic heterocycles. The molecule has 2 N–H and O–H groups in total. The van der Waals surface area contributed by atoms with Gasteiger partial charge in [0, 0.05) is 11.6 Å². The summed E-state index contributed by atoms with van der Waals surface area (Å²) in [7, 11) is 1.61. The highest BCUT2D eigenvalue weighted by Crippen LogP contribution is 2.32. The smallest absolute Gasteiger partial charge is 0.142 e. The van der Waals surface area contributed by atoms with E-state index < -0.39 is 5.82 Å². The summed E-state index contributed by atoms with van der Waals surface area (Å²) in [6, 6.07) is 9.67. The van der Waals surface area contributed by atoms with Crippen LogP contribution in [0.1, 0.15) is 24.1 Å². The van der Waals surface area contributed by atoms with Crippen molar-refractivity contribution in [3.05, 3.63) is 53.3 Å². The molecule has 2 rings (SSSR count). The van der Waals surface area contributed by atoms with Gasteiger partial charge in [0.25, 0.3) is 0 Å². The molecule has 0 saturated heterocycles. The van der Waals surface area contributed by atoms with E-state index in [0.717, 1.165) is 23.1 Å². The molecule has 0 bridgehead atoms. The lowest BCUT2D eigenvalue weighted by atomic mass is 10.1. The van der Waals surface area contributed by atoms with Gasteiger partial charge in [-0.05, 0) is 37.6 Å². The minimum Gasteiger partial charge on any atom is -0.507 e. The van der Waals surface area contributed by atoms with Crippen molar-refractivity contribution < 1.29 is 14.2 Å². The first-order chi connectivity index (χ1) is 9.51. The highest BCUT2D eigenvalue weighted by molar-refractivity contribution is 5.59. The Morgan fingerprint density at radius 3 is 2.60 bits per heavy atom. The van der Waals surface area contributed by atoms with Gasteiger partial charge in [-0.3, -0.25) is 0 Å². The minimum absolute atomic E-state index is 0.0592. The van der Waals surface area contributed by atoms with Crippen molar-refractivity contribution >= 4 is 5.69 Å². The summed E-state index contributed by atoms with van der Waals surface area (Å²) in [6.45, 7) is 3.88. The van der Waals surface area contributed by atoms with Crippen molar-refractivity contribution in [2.45, 2.75) is 19.9 Å². The van der Waals surface area contributed by atoms with Crippen LogP contribution >= 0.6 is 0 Å². The second-order valence-electron chi connectivity index (χ2n) is 4.77. The standard InChI is InChI=1S/C16H18FNO2/c1-10-4-7-14(16(8-10)20-3)18-11(2)13-6-5-12(17)9-15(13)19/h4-9,11,18-19H,1-3H3.